The number of alkyl halides is 1. The summed E-state index contributed by atoms with van der Waals surface area (Å²) < 4.78 is 6.32. The maximum Gasteiger partial charge on any atom is 0.310 e. The van der Waals surface area contributed by atoms with Crippen LogP contribution in [0.1, 0.15) is 37.8 Å². The van der Waals surface area contributed by atoms with Gasteiger partial charge >= 0.3 is 5.97 Å². The standard InChI is InChI=1S/C25H31BrN2O6/c1-3-5-12-27(11-4-2)23(31)21-25-13-16(26)20(34-25)18(24(32)33)19(25)22(30)28(21)17(14-29)15-9-7-6-8-10-15/h4,6-10,16-21,29H,2-3,5,11-14H2,1H3,(H,32,33)/t16?,17-,18-,19+,20-,21?,25?/m1/s1. The molecule has 8 nitrogen and oxygen atoms in total. The van der Waals surface area contributed by atoms with Gasteiger partial charge in [-0.15, -0.1) is 6.58 Å². The third-order valence-corrected chi connectivity index (χ3v) is 8.23. The average molecular weight is 535 g/mol. The van der Waals surface area contributed by atoms with Gasteiger partial charge in [0.1, 0.15) is 11.6 Å². The number of carboxylic acid groups (broad SMARTS) is 1. The van der Waals surface area contributed by atoms with E-state index in [1.165, 1.54) is 4.90 Å². The number of halogens is 1. The summed E-state index contributed by atoms with van der Waals surface area (Å²) in [7, 11) is 0. The molecule has 4 rings (SSSR count). The zero-order valence-electron chi connectivity index (χ0n) is 19.2. The number of ether oxygens (including phenoxy) is 1. The van der Waals surface area contributed by atoms with Crippen LogP contribution >= 0.6 is 15.9 Å². The first-order valence-corrected chi connectivity index (χ1v) is 12.7. The van der Waals surface area contributed by atoms with E-state index in [1.54, 1.807) is 35.2 Å². The second-order valence-corrected chi connectivity index (χ2v) is 10.5. The number of unbranched alkanes of at least 4 members (excludes halogenated alkanes) is 1. The molecular weight excluding hydrogens is 504 g/mol. The molecule has 9 heteroatoms. The third kappa shape index (κ3) is 3.78. The molecule has 3 heterocycles. The lowest BCUT2D eigenvalue weighted by atomic mass is 9.70. The minimum Gasteiger partial charge on any atom is -0.481 e. The summed E-state index contributed by atoms with van der Waals surface area (Å²) in [5.74, 6) is -3.93. The number of carbonyl (C=O) groups excluding carboxylic acids is 2. The zero-order chi connectivity index (χ0) is 24.6. The molecule has 3 unspecified atom stereocenters. The second-order valence-electron chi connectivity index (χ2n) is 9.28. The molecule has 1 aromatic carbocycles. The van der Waals surface area contributed by atoms with Gasteiger partial charge in [-0.2, -0.15) is 0 Å². The monoisotopic (exact) mass is 534 g/mol. The molecule has 2 N–H and O–H groups in total. The Hall–Kier alpha value is -2.23. The van der Waals surface area contributed by atoms with Crippen LogP contribution in [0.4, 0.5) is 0 Å². The maximum absolute atomic E-state index is 14.1. The molecule has 1 spiro atoms. The molecule has 184 valence electrons. The molecule has 0 aromatic heterocycles. The minimum atomic E-state index is -1.27. The van der Waals surface area contributed by atoms with E-state index >= 15 is 0 Å². The molecule has 34 heavy (non-hydrogen) atoms. The summed E-state index contributed by atoms with van der Waals surface area (Å²) in [5, 5.41) is 20.4. The van der Waals surface area contributed by atoms with E-state index in [1.807, 2.05) is 13.0 Å². The van der Waals surface area contributed by atoms with Gasteiger partial charge in [0, 0.05) is 17.9 Å². The number of hydrogen-bond acceptors (Lipinski definition) is 5. The number of benzene rings is 1. The molecule has 0 aliphatic carbocycles. The normalized spacial score (nSPS) is 32.5. The molecule has 0 radical (unpaired) electrons. The number of nitrogens with zero attached hydrogens (tertiary/aromatic N) is 2. The Morgan fingerprint density at radius 2 is 2.09 bits per heavy atom. The van der Waals surface area contributed by atoms with Crippen molar-refractivity contribution in [3.05, 3.63) is 48.6 Å². The van der Waals surface area contributed by atoms with E-state index in [2.05, 4.69) is 22.5 Å². The van der Waals surface area contributed by atoms with Crippen LogP contribution in [0, 0.1) is 11.8 Å². The summed E-state index contributed by atoms with van der Waals surface area (Å²) in [6.07, 6.45) is 2.95. The largest absolute Gasteiger partial charge is 0.481 e. The maximum atomic E-state index is 14.1. The lowest BCUT2D eigenvalue weighted by molar-refractivity contribution is -0.153. The van der Waals surface area contributed by atoms with Crippen molar-refractivity contribution in [2.45, 2.75) is 54.8 Å². The summed E-state index contributed by atoms with van der Waals surface area (Å²) in [6, 6.07) is 7.17. The lowest BCUT2D eigenvalue weighted by Crippen LogP contribution is -2.57. The summed E-state index contributed by atoms with van der Waals surface area (Å²) in [6.45, 7) is 6.19. The lowest BCUT2D eigenvalue weighted by Gasteiger charge is -2.39. The van der Waals surface area contributed by atoms with Gasteiger partial charge in [-0.25, -0.2) is 0 Å². The van der Waals surface area contributed by atoms with Gasteiger partial charge < -0.3 is 24.7 Å². The number of aliphatic hydroxyl groups excluding tert-OH is 1. The van der Waals surface area contributed by atoms with Gasteiger partial charge in [0.2, 0.25) is 11.8 Å². The number of amides is 2. The first-order chi connectivity index (χ1) is 16.3. The number of aliphatic carboxylic acids is 1. The molecule has 0 saturated carbocycles. The Morgan fingerprint density at radius 3 is 2.68 bits per heavy atom. The summed E-state index contributed by atoms with van der Waals surface area (Å²) in [5.41, 5.74) is -0.600. The van der Waals surface area contributed by atoms with Crippen molar-refractivity contribution < 1.29 is 29.3 Å². The van der Waals surface area contributed by atoms with E-state index in [0.717, 1.165) is 12.8 Å². The highest BCUT2D eigenvalue weighted by atomic mass is 79.9. The van der Waals surface area contributed by atoms with Crippen molar-refractivity contribution in [3.63, 3.8) is 0 Å². The highest BCUT2D eigenvalue weighted by Gasteiger charge is 2.77. The van der Waals surface area contributed by atoms with Gasteiger partial charge in [-0.3, -0.25) is 14.4 Å². The van der Waals surface area contributed by atoms with Crippen molar-refractivity contribution >= 4 is 33.7 Å². The van der Waals surface area contributed by atoms with Gasteiger partial charge in [0.05, 0.1) is 30.6 Å². The van der Waals surface area contributed by atoms with Crippen LogP contribution in [0.2, 0.25) is 0 Å². The van der Waals surface area contributed by atoms with Crippen molar-refractivity contribution in [3.8, 4) is 0 Å². The van der Waals surface area contributed by atoms with Crippen LogP contribution in [-0.4, -0.2) is 80.1 Å². The van der Waals surface area contributed by atoms with Crippen molar-refractivity contribution in [2.24, 2.45) is 11.8 Å². The molecular formula is C25H31BrN2O6. The number of fused-ring (bicyclic) bond motifs is 1. The average Bonchev–Trinajstić information content (AvgIpc) is 3.41. The van der Waals surface area contributed by atoms with Crippen LogP contribution in [-0.2, 0) is 19.1 Å². The highest BCUT2D eigenvalue weighted by molar-refractivity contribution is 9.09. The number of carboxylic acids is 1. The van der Waals surface area contributed by atoms with Crippen molar-refractivity contribution in [2.75, 3.05) is 19.7 Å². The molecule has 3 saturated heterocycles. The number of aliphatic hydroxyl groups is 1. The van der Waals surface area contributed by atoms with E-state index < -0.39 is 54.1 Å². The SMILES string of the molecule is C=CCN(CCCC)C(=O)C1N([C@H](CO)c2ccccc2)C(=O)[C@@H]2[C@@H](C(=O)O)[C@@H]3OC12CC3Br. The van der Waals surface area contributed by atoms with Crippen molar-refractivity contribution in [1.82, 2.24) is 9.80 Å². The minimum absolute atomic E-state index is 0.291. The van der Waals surface area contributed by atoms with Gasteiger partial charge in [0.15, 0.2) is 0 Å². The Labute approximate surface area is 207 Å². The van der Waals surface area contributed by atoms with Crippen LogP contribution < -0.4 is 0 Å². The molecule has 1 aromatic rings. The predicted octanol–water partition coefficient (Wildman–Crippen LogP) is 2.37. The van der Waals surface area contributed by atoms with Gasteiger partial charge in [-0.1, -0.05) is 65.7 Å². The number of carbonyl (C=O) groups is 3. The predicted molar refractivity (Wildman–Crippen MR) is 128 cm³/mol. The van der Waals surface area contributed by atoms with Crippen LogP contribution in [0.25, 0.3) is 0 Å². The Balaban J connectivity index is 1.84. The number of likely N-dealkylation sites (tertiary alicyclic amines) is 1. The topological polar surface area (TPSA) is 107 Å². The molecule has 3 fully saturated rings. The number of rotatable bonds is 10. The smallest absolute Gasteiger partial charge is 0.310 e. The quantitative estimate of drug-likeness (QED) is 0.352. The van der Waals surface area contributed by atoms with E-state index in [9.17, 15) is 24.6 Å². The fourth-order valence-electron chi connectivity index (χ4n) is 5.96. The zero-order valence-corrected chi connectivity index (χ0v) is 20.8. The van der Waals surface area contributed by atoms with Crippen LogP contribution in [0.15, 0.2) is 43.0 Å². The van der Waals surface area contributed by atoms with E-state index in [0.29, 0.717) is 25.1 Å². The molecule has 2 bridgehead atoms. The van der Waals surface area contributed by atoms with E-state index in [-0.39, 0.29) is 10.7 Å². The Bertz CT molecular complexity index is 958. The van der Waals surface area contributed by atoms with Gasteiger partial charge in [-0.05, 0) is 18.4 Å². The molecule has 7 atom stereocenters. The van der Waals surface area contributed by atoms with Crippen LogP contribution in [0.3, 0.4) is 0 Å². The Morgan fingerprint density at radius 1 is 1.38 bits per heavy atom. The van der Waals surface area contributed by atoms with Gasteiger partial charge in [0.25, 0.3) is 0 Å². The molecule has 3 aliphatic heterocycles. The first kappa shape index (κ1) is 24.9. The summed E-state index contributed by atoms with van der Waals surface area (Å²) >= 11 is 3.55. The number of hydrogen-bond donors (Lipinski definition) is 2. The fraction of sp³-hybridized carbons (Fsp3) is 0.560. The summed E-state index contributed by atoms with van der Waals surface area (Å²) in [4.78, 5) is 43.1. The van der Waals surface area contributed by atoms with E-state index in [4.69, 9.17) is 4.74 Å². The van der Waals surface area contributed by atoms with Crippen LogP contribution in [0.5, 0.6) is 0 Å². The van der Waals surface area contributed by atoms with Crippen molar-refractivity contribution in [1.29, 1.82) is 0 Å². The second kappa shape index (κ2) is 9.79. The first-order valence-electron chi connectivity index (χ1n) is 11.7. The molecule has 3 aliphatic rings. The third-order valence-electron chi connectivity index (χ3n) is 7.38. The fourth-order valence-corrected chi connectivity index (χ4v) is 6.91. The Kier molecular flexibility index (Phi) is 7.17. The highest BCUT2D eigenvalue weighted by Crippen LogP contribution is 2.61. The molecule has 2 amide bonds.